The Morgan fingerprint density at radius 3 is 2.34 bits per heavy atom. The zero-order valence-corrected chi connectivity index (χ0v) is 23.3. The van der Waals surface area contributed by atoms with Gasteiger partial charge < -0.3 is 4.74 Å². The van der Waals surface area contributed by atoms with Crippen LogP contribution in [0.1, 0.15) is 99.3 Å². The number of methoxy groups -OCH3 is 1. The number of hydroxylamine groups is 1. The Hall–Kier alpha value is -1.29. The molecule has 5 aliphatic carbocycles. The van der Waals surface area contributed by atoms with Crippen LogP contribution in [0.15, 0.2) is 23.9 Å². The molecule has 4 saturated carbocycles. The second-order valence-corrected chi connectivity index (χ2v) is 14.5. The number of rotatable bonds is 3. The van der Waals surface area contributed by atoms with Crippen LogP contribution >= 0.6 is 0 Å². The average Bonchev–Trinajstić information content (AvgIpc) is 3.20. The molecule has 0 spiro atoms. The standard InChI is InChI=1S/C31H49NO3/c1-19(2)20-11-16-31(26(33)35-8)18-17-29(6)21(25(20)31)9-10-23-28(5)14-13-24(32-34)27(3,4)22(28)12-15-30(23,29)7/h13,20-23,25,32,34H,1,9-12,14-18H2,2-8H3/t20-,21-,22+,23+,25+,28-,29+,30+,31+/m1/s1. The molecule has 0 aromatic rings. The van der Waals surface area contributed by atoms with E-state index in [0.29, 0.717) is 29.6 Å². The zero-order chi connectivity index (χ0) is 25.6. The molecule has 4 fully saturated rings. The number of carbonyl (C=O) groups is 1. The van der Waals surface area contributed by atoms with E-state index in [1.165, 1.54) is 31.3 Å². The first-order valence-corrected chi connectivity index (χ1v) is 14.2. The van der Waals surface area contributed by atoms with Crippen molar-refractivity contribution in [1.82, 2.24) is 5.48 Å². The summed E-state index contributed by atoms with van der Waals surface area (Å²) < 4.78 is 5.50. The zero-order valence-electron chi connectivity index (χ0n) is 23.3. The van der Waals surface area contributed by atoms with E-state index < -0.39 is 0 Å². The molecule has 4 nitrogen and oxygen atoms in total. The maximum Gasteiger partial charge on any atom is 0.312 e. The van der Waals surface area contributed by atoms with Crippen molar-refractivity contribution in [2.24, 2.45) is 56.7 Å². The van der Waals surface area contributed by atoms with Gasteiger partial charge in [-0.25, -0.2) is 0 Å². The van der Waals surface area contributed by atoms with Gasteiger partial charge >= 0.3 is 5.97 Å². The van der Waals surface area contributed by atoms with Gasteiger partial charge in [0, 0.05) is 11.1 Å². The van der Waals surface area contributed by atoms with Crippen LogP contribution in [0.25, 0.3) is 0 Å². The summed E-state index contributed by atoms with van der Waals surface area (Å²) in [6.07, 6.45) is 12.4. The Morgan fingerprint density at radius 1 is 1.00 bits per heavy atom. The fraction of sp³-hybridized carbons (Fsp3) is 0.839. The molecule has 0 radical (unpaired) electrons. The molecule has 0 aromatic heterocycles. The Bertz CT molecular complexity index is 953. The SMILES string of the molecule is C=C(C)[C@H]1CC[C@]2(C(=O)OC)CC[C@@]3(C)[C@H](CC[C@H]4[C@]5(C)CC=C(NO)C(C)(C)[C@@H]5CC[C@@]43C)[C@H]12. The Morgan fingerprint density at radius 2 is 1.71 bits per heavy atom. The first-order chi connectivity index (χ1) is 16.3. The first-order valence-electron chi connectivity index (χ1n) is 14.2. The highest BCUT2D eigenvalue weighted by Crippen LogP contribution is 2.77. The highest BCUT2D eigenvalue weighted by atomic mass is 16.5. The van der Waals surface area contributed by atoms with Crippen molar-refractivity contribution in [3.8, 4) is 0 Å². The van der Waals surface area contributed by atoms with Crippen molar-refractivity contribution in [3.05, 3.63) is 23.9 Å². The molecule has 0 saturated heterocycles. The van der Waals surface area contributed by atoms with Crippen molar-refractivity contribution < 1.29 is 14.7 Å². The summed E-state index contributed by atoms with van der Waals surface area (Å²) >= 11 is 0. The molecule has 5 rings (SSSR count). The van der Waals surface area contributed by atoms with Crippen LogP contribution in [0.3, 0.4) is 0 Å². The molecular weight excluding hydrogens is 434 g/mol. The number of ether oxygens (including phenoxy) is 1. The third-order valence-electron chi connectivity index (χ3n) is 13.4. The van der Waals surface area contributed by atoms with Crippen LogP contribution in [0.5, 0.6) is 0 Å². The maximum atomic E-state index is 13.4. The van der Waals surface area contributed by atoms with E-state index in [9.17, 15) is 10.0 Å². The highest BCUT2D eigenvalue weighted by molar-refractivity contribution is 5.78. The summed E-state index contributed by atoms with van der Waals surface area (Å²) in [4.78, 5) is 13.4. The number of carbonyl (C=O) groups excluding carboxylic acids is 1. The average molecular weight is 484 g/mol. The van der Waals surface area contributed by atoms with Gasteiger partial charge in [-0.15, -0.1) is 0 Å². The maximum absolute atomic E-state index is 13.4. The quantitative estimate of drug-likeness (QED) is 0.251. The minimum atomic E-state index is -0.315. The molecule has 0 amide bonds. The van der Waals surface area contributed by atoms with E-state index in [-0.39, 0.29) is 33.0 Å². The molecule has 0 bridgehead atoms. The van der Waals surface area contributed by atoms with Crippen LogP contribution < -0.4 is 5.48 Å². The second-order valence-electron chi connectivity index (χ2n) is 14.5. The fourth-order valence-electron chi connectivity index (χ4n) is 11.5. The van der Waals surface area contributed by atoms with Gasteiger partial charge in [0.25, 0.3) is 0 Å². The molecule has 0 aliphatic heterocycles. The lowest BCUT2D eigenvalue weighted by atomic mass is 9.32. The van der Waals surface area contributed by atoms with E-state index in [1.54, 1.807) is 7.11 Å². The van der Waals surface area contributed by atoms with Crippen molar-refractivity contribution in [2.75, 3.05) is 7.11 Å². The lowest BCUT2D eigenvalue weighted by Gasteiger charge is -2.72. The van der Waals surface area contributed by atoms with Gasteiger partial charge in [0.15, 0.2) is 0 Å². The van der Waals surface area contributed by atoms with E-state index in [4.69, 9.17) is 4.74 Å². The Labute approximate surface area is 213 Å². The molecule has 2 N–H and O–H groups in total. The Balaban J connectivity index is 1.57. The normalized spacial score (nSPS) is 50.1. The van der Waals surface area contributed by atoms with Gasteiger partial charge in [0.1, 0.15) is 0 Å². The lowest BCUT2D eigenvalue weighted by Crippen LogP contribution is -2.66. The molecule has 9 atom stereocenters. The number of esters is 1. The summed E-state index contributed by atoms with van der Waals surface area (Å²) in [6.45, 7) is 19.0. The third kappa shape index (κ3) is 2.98. The highest BCUT2D eigenvalue weighted by Gasteiger charge is 2.71. The van der Waals surface area contributed by atoms with E-state index >= 15 is 0 Å². The number of hydrogen-bond acceptors (Lipinski definition) is 4. The van der Waals surface area contributed by atoms with Crippen molar-refractivity contribution in [1.29, 1.82) is 0 Å². The molecule has 35 heavy (non-hydrogen) atoms. The van der Waals surface area contributed by atoms with Gasteiger partial charge in [-0.3, -0.25) is 15.5 Å². The van der Waals surface area contributed by atoms with Crippen LogP contribution in [0.4, 0.5) is 0 Å². The summed E-state index contributed by atoms with van der Waals surface area (Å²) in [6, 6.07) is 0. The molecule has 0 unspecified atom stereocenters. The number of hydrogen-bond donors (Lipinski definition) is 2. The van der Waals surface area contributed by atoms with Crippen molar-refractivity contribution in [3.63, 3.8) is 0 Å². The second kappa shape index (κ2) is 7.85. The summed E-state index contributed by atoms with van der Waals surface area (Å²) in [7, 11) is 1.59. The summed E-state index contributed by atoms with van der Waals surface area (Å²) in [5, 5.41) is 9.86. The molecule has 5 aliphatic rings. The van der Waals surface area contributed by atoms with E-state index in [2.05, 4.69) is 59.7 Å². The van der Waals surface area contributed by atoms with Crippen LogP contribution in [0.2, 0.25) is 0 Å². The van der Waals surface area contributed by atoms with Crippen LogP contribution in [-0.4, -0.2) is 18.3 Å². The molecule has 4 heteroatoms. The first kappa shape index (κ1) is 25.4. The van der Waals surface area contributed by atoms with Crippen molar-refractivity contribution >= 4 is 5.97 Å². The van der Waals surface area contributed by atoms with Crippen LogP contribution in [0, 0.1) is 56.7 Å². The topological polar surface area (TPSA) is 58.6 Å². The van der Waals surface area contributed by atoms with Gasteiger partial charge in [-0.1, -0.05) is 52.8 Å². The van der Waals surface area contributed by atoms with Gasteiger partial charge in [0.05, 0.1) is 12.5 Å². The van der Waals surface area contributed by atoms with E-state index in [1.807, 2.05) is 0 Å². The largest absolute Gasteiger partial charge is 0.469 e. The molecule has 196 valence electrons. The molecule has 0 aromatic carbocycles. The lowest BCUT2D eigenvalue weighted by molar-refractivity contribution is -0.230. The van der Waals surface area contributed by atoms with Gasteiger partial charge in [0.2, 0.25) is 0 Å². The minimum absolute atomic E-state index is 0.0412. The van der Waals surface area contributed by atoms with E-state index in [0.717, 1.165) is 37.8 Å². The van der Waals surface area contributed by atoms with Crippen molar-refractivity contribution in [2.45, 2.75) is 99.3 Å². The predicted molar refractivity (Wildman–Crippen MR) is 139 cm³/mol. The third-order valence-corrected chi connectivity index (χ3v) is 13.4. The Kier molecular flexibility index (Phi) is 5.69. The van der Waals surface area contributed by atoms with Gasteiger partial charge in [-0.05, 0) is 111 Å². The number of fused-ring (bicyclic) bond motifs is 7. The molecular formula is C31H49NO3. The predicted octanol–water partition coefficient (Wildman–Crippen LogP) is 7.29. The summed E-state index contributed by atoms with van der Waals surface area (Å²) in [5.74, 6) is 2.59. The minimum Gasteiger partial charge on any atom is -0.469 e. The number of nitrogens with one attached hydrogen (secondary N) is 1. The monoisotopic (exact) mass is 483 g/mol. The number of allylic oxidation sites excluding steroid dienone is 3. The van der Waals surface area contributed by atoms with Gasteiger partial charge in [-0.2, -0.15) is 0 Å². The summed E-state index contributed by atoms with van der Waals surface area (Å²) in [5.41, 5.74) is 5.13. The fourth-order valence-corrected chi connectivity index (χ4v) is 11.5. The molecule has 0 heterocycles. The smallest absolute Gasteiger partial charge is 0.312 e. The van der Waals surface area contributed by atoms with Crippen LogP contribution in [-0.2, 0) is 9.53 Å².